The highest BCUT2D eigenvalue weighted by molar-refractivity contribution is 6.52. The first-order valence-electron chi connectivity index (χ1n) is 8.66. The van der Waals surface area contributed by atoms with Gasteiger partial charge in [-0.05, 0) is 51.0 Å². The first-order valence-corrected chi connectivity index (χ1v) is 8.66. The molecular formula is C21H25BO3. The molecule has 1 heterocycles. The molecule has 2 aromatic carbocycles. The van der Waals surface area contributed by atoms with E-state index < -0.39 is 0 Å². The SMILES string of the molecule is CC1(C)OB(/C=C/c2ccc(OCc3ccccc3)cc2)OC1(C)C. The summed E-state index contributed by atoms with van der Waals surface area (Å²) in [6.45, 7) is 8.79. The van der Waals surface area contributed by atoms with E-state index in [9.17, 15) is 0 Å². The van der Waals surface area contributed by atoms with Gasteiger partial charge in [-0.2, -0.15) is 0 Å². The van der Waals surface area contributed by atoms with Crippen LogP contribution in [0.2, 0.25) is 0 Å². The number of ether oxygens (including phenoxy) is 1. The Hall–Kier alpha value is -2.04. The van der Waals surface area contributed by atoms with Crippen molar-refractivity contribution in [2.45, 2.75) is 45.5 Å². The molecular weight excluding hydrogens is 311 g/mol. The fourth-order valence-electron chi connectivity index (χ4n) is 2.57. The van der Waals surface area contributed by atoms with E-state index in [0.717, 1.165) is 16.9 Å². The highest BCUT2D eigenvalue weighted by atomic mass is 16.7. The van der Waals surface area contributed by atoms with Crippen molar-refractivity contribution in [1.29, 1.82) is 0 Å². The van der Waals surface area contributed by atoms with Gasteiger partial charge in [0.25, 0.3) is 0 Å². The molecule has 25 heavy (non-hydrogen) atoms. The molecule has 1 saturated heterocycles. The van der Waals surface area contributed by atoms with E-state index >= 15 is 0 Å². The van der Waals surface area contributed by atoms with Gasteiger partial charge in [0, 0.05) is 0 Å². The summed E-state index contributed by atoms with van der Waals surface area (Å²) in [5.74, 6) is 2.81. The van der Waals surface area contributed by atoms with Crippen molar-refractivity contribution in [3.05, 3.63) is 71.7 Å². The predicted octanol–water partition coefficient (Wildman–Crippen LogP) is 4.91. The number of hydrogen-bond donors (Lipinski definition) is 0. The summed E-state index contributed by atoms with van der Waals surface area (Å²) in [6.07, 6.45) is 2.02. The second-order valence-corrected chi connectivity index (χ2v) is 7.33. The molecule has 3 rings (SSSR count). The second kappa shape index (κ2) is 7.07. The van der Waals surface area contributed by atoms with Crippen LogP contribution in [-0.4, -0.2) is 18.3 Å². The lowest BCUT2D eigenvalue weighted by atomic mass is 9.89. The van der Waals surface area contributed by atoms with E-state index in [0.29, 0.717) is 6.61 Å². The first kappa shape index (κ1) is 17.8. The monoisotopic (exact) mass is 336 g/mol. The van der Waals surface area contributed by atoms with Crippen LogP contribution in [0.25, 0.3) is 6.08 Å². The Morgan fingerprint density at radius 3 is 2.08 bits per heavy atom. The molecule has 0 amide bonds. The molecule has 0 spiro atoms. The van der Waals surface area contributed by atoms with E-state index in [2.05, 4.69) is 39.8 Å². The average molecular weight is 336 g/mol. The molecule has 4 heteroatoms. The van der Waals surface area contributed by atoms with E-state index in [1.165, 1.54) is 0 Å². The largest absolute Gasteiger partial charge is 0.489 e. The van der Waals surface area contributed by atoms with Gasteiger partial charge in [0.15, 0.2) is 0 Å². The lowest BCUT2D eigenvalue weighted by Gasteiger charge is -2.32. The van der Waals surface area contributed by atoms with Crippen molar-refractivity contribution in [3.8, 4) is 5.75 Å². The molecule has 0 saturated carbocycles. The normalized spacial score (nSPS) is 18.6. The minimum atomic E-state index is -0.320. The lowest BCUT2D eigenvalue weighted by Crippen LogP contribution is -2.41. The molecule has 3 nitrogen and oxygen atoms in total. The van der Waals surface area contributed by atoms with Crippen LogP contribution < -0.4 is 4.74 Å². The molecule has 0 bridgehead atoms. The maximum atomic E-state index is 5.96. The van der Waals surface area contributed by atoms with Crippen LogP contribution in [0.1, 0.15) is 38.8 Å². The highest BCUT2D eigenvalue weighted by Gasteiger charge is 2.49. The summed E-state index contributed by atoms with van der Waals surface area (Å²) < 4.78 is 17.7. The van der Waals surface area contributed by atoms with Gasteiger partial charge in [0.1, 0.15) is 12.4 Å². The minimum absolute atomic E-state index is 0.308. The maximum absolute atomic E-state index is 5.96. The summed E-state index contributed by atoms with van der Waals surface area (Å²) in [6, 6.07) is 18.2. The molecule has 130 valence electrons. The first-order chi connectivity index (χ1) is 11.9. The topological polar surface area (TPSA) is 27.7 Å². The van der Waals surface area contributed by atoms with E-state index in [-0.39, 0.29) is 18.3 Å². The third-order valence-corrected chi connectivity index (χ3v) is 4.85. The van der Waals surface area contributed by atoms with E-state index in [1.54, 1.807) is 0 Å². The molecule has 0 aromatic heterocycles. The molecule has 1 fully saturated rings. The Labute approximate surface area is 150 Å². The van der Waals surface area contributed by atoms with Crippen molar-refractivity contribution >= 4 is 13.2 Å². The molecule has 0 unspecified atom stereocenters. The molecule has 0 radical (unpaired) electrons. The van der Waals surface area contributed by atoms with Crippen LogP contribution in [0.5, 0.6) is 5.75 Å². The lowest BCUT2D eigenvalue weighted by molar-refractivity contribution is 0.00578. The average Bonchev–Trinajstić information content (AvgIpc) is 2.80. The fraction of sp³-hybridized carbons (Fsp3) is 0.333. The molecule has 0 N–H and O–H groups in total. The summed E-state index contributed by atoms with van der Waals surface area (Å²) in [7, 11) is -0.320. The zero-order chi connectivity index (χ0) is 17.9. The highest BCUT2D eigenvalue weighted by Crippen LogP contribution is 2.37. The molecule has 1 aliphatic heterocycles. The number of rotatable bonds is 5. The Morgan fingerprint density at radius 1 is 0.880 bits per heavy atom. The molecule has 0 atom stereocenters. The Bertz CT molecular complexity index is 705. The molecule has 2 aromatic rings. The van der Waals surface area contributed by atoms with Gasteiger partial charge in [-0.15, -0.1) is 0 Å². The van der Waals surface area contributed by atoms with E-state index in [1.807, 2.05) is 54.5 Å². The molecule has 0 aliphatic carbocycles. The quantitative estimate of drug-likeness (QED) is 0.726. The van der Waals surface area contributed by atoms with Gasteiger partial charge in [0.05, 0.1) is 11.2 Å². The number of hydrogen-bond acceptors (Lipinski definition) is 3. The summed E-state index contributed by atoms with van der Waals surface area (Å²) >= 11 is 0. The standard InChI is InChI=1S/C21H25BO3/c1-20(2)21(3,4)25-22(24-20)15-14-17-10-12-19(13-11-17)23-16-18-8-6-5-7-9-18/h5-15H,16H2,1-4H3/b15-14+. The Kier molecular flexibility index (Phi) is 5.02. The van der Waals surface area contributed by atoms with Gasteiger partial charge >= 0.3 is 7.12 Å². The third-order valence-electron chi connectivity index (χ3n) is 4.85. The van der Waals surface area contributed by atoms with Crippen molar-refractivity contribution in [1.82, 2.24) is 0 Å². The van der Waals surface area contributed by atoms with Crippen LogP contribution in [0.4, 0.5) is 0 Å². The van der Waals surface area contributed by atoms with Crippen LogP contribution in [0.15, 0.2) is 60.6 Å². The second-order valence-electron chi connectivity index (χ2n) is 7.33. The van der Waals surface area contributed by atoms with Gasteiger partial charge in [-0.1, -0.05) is 54.5 Å². The maximum Gasteiger partial charge on any atom is 0.487 e. The summed E-state index contributed by atoms with van der Waals surface area (Å²) in [5.41, 5.74) is 1.63. The van der Waals surface area contributed by atoms with Gasteiger partial charge < -0.3 is 14.0 Å². The van der Waals surface area contributed by atoms with Gasteiger partial charge in [0.2, 0.25) is 0 Å². The Morgan fingerprint density at radius 2 is 1.48 bits per heavy atom. The summed E-state index contributed by atoms with van der Waals surface area (Å²) in [5, 5.41) is 0. The van der Waals surface area contributed by atoms with Crippen LogP contribution in [0, 0.1) is 0 Å². The van der Waals surface area contributed by atoms with E-state index in [4.69, 9.17) is 14.0 Å². The van der Waals surface area contributed by atoms with Crippen LogP contribution >= 0.6 is 0 Å². The van der Waals surface area contributed by atoms with Crippen molar-refractivity contribution in [2.24, 2.45) is 0 Å². The van der Waals surface area contributed by atoms with Gasteiger partial charge in [-0.3, -0.25) is 0 Å². The van der Waals surface area contributed by atoms with Crippen LogP contribution in [0.3, 0.4) is 0 Å². The summed E-state index contributed by atoms with van der Waals surface area (Å²) in [4.78, 5) is 0. The van der Waals surface area contributed by atoms with Crippen molar-refractivity contribution < 1.29 is 14.0 Å². The van der Waals surface area contributed by atoms with Crippen molar-refractivity contribution in [2.75, 3.05) is 0 Å². The fourth-order valence-corrected chi connectivity index (χ4v) is 2.57. The zero-order valence-electron chi connectivity index (χ0n) is 15.4. The smallest absolute Gasteiger partial charge is 0.487 e. The van der Waals surface area contributed by atoms with Crippen molar-refractivity contribution in [3.63, 3.8) is 0 Å². The molecule has 1 aliphatic rings. The number of benzene rings is 2. The Balaban J connectivity index is 1.56. The third kappa shape index (κ3) is 4.33. The van der Waals surface area contributed by atoms with Crippen LogP contribution in [-0.2, 0) is 15.9 Å². The minimum Gasteiger partial charge on any atom is -0.489 e. The zero-order valence-corrected chi connectivity index (χ0v) is 15.4. The van der Waals surface area contributed by atoms with Gasteiger partial charge in [-0.25, -0.2) is 0 Å². The predicted molar refractivity (Wildman–Crippen MR) is 102 cm³/mol.